The van der Waals surface area contributed by atoms with Gasteiger partial charge in [0.25, 0.3) is 0 Å². The minimum Gasteiger partial charge on any atom is -0.389 e. The smallest absolute Gasteiger partial charge is 0.135 e. The van der Waals surface area contributed by atoms with Crippen LogP contribution >= 0.6 is 12.2 Å². The molecule has 3 nitrogen and oxygen atoms in total. The van der Waals surface area contributed by atoms with Crippen molar-refractivity contribution in [1.82, 2.24) is 0 Å². The molecule has 1 aliphatic carbocycles. The molecule has 1 aromatic rings. The summed E-state index contributed by atoms with van der Waals surface area (Å²) in [5, 5.41) is 3.13. The maximum absolute atomic E-state index is 13.6. The number of benzene rings is 1. The molecule has 0 radical (unpaired) electrons. The van der Waals surface area contributed by atoms with Gasteiger partial charge in [-0.2, -0.15) is 0 Å². The van der Waals surface area contributed by atoms with Crippen molar-refractivity contribution >= 4 is 22.9 Å². The predicted molar refractivity (Wildman–Crippen MR) is 79.0 cm³/mol. The van der Waals surface area contributed by atoms with Crippen LogP contribution in [0, 0.1) is 5.82 Å². The lowest BCUT2D eigenvalue weighted by Gasteiger charge is -2.14. The second-order valence-electron chi connectivity index (χ2n) is 4.73. The van der Waals surface area contributed by atoms with Crippen LogP contribution < -0.4 is 11.1 Å². The van der Waals surface area contributed by atoms with Crippen LogP contribution in [0.4, 0.5) is 10.1 Å². The predicted octanol–water partition coefficient (Wildman–Crippen LogP) is 2.83. The standard InChI is InChI=1S/C14H19FN2OS/c15-11-6-3-7-12(13(11)14(16)19)17-8-9-18-10-4-1-2-5-10/h3,6-7,10,17H,1-2,4-5,8-9H2,(H2,16,19). The molecule has 1 fully saturated rings. The zero-order valence-corrected chi connectivity index (χ0v) is 11.6. The van der Waals surface area contributed by atoms with Crippen LogP contribution in [0.15, 0.2) is 18.2 Å². The third-order valence-corrected chi connectivity index (χ3v) is 3.54. The van der Waals surface area contributed by atoms with Gasteiger partial charge in [-0.3, -0.25) is 0 Å². The van der Waals surface area contributed by atoms with Crippen LogP contribution in [0.5, 0.6) is 0 Å². The van der Waals surface area contributed by atoms with E-state index in [1.54, 1.807) is 12.1 Å². The van der Waals surface area contributed by atoms with Crippen LogP contribution in [-0.4, -0.2) is 24.2 Å². The van der Waals surface area contributed by atoms with E-state index in [-0.39, 0.29) is 10.6 Å². The molecule has 1 aliphatic rings. The molecule has 0 amide bonds. The molecule has 0 spiro atoms. The van der Waals surface area contributed by atoms with Gasteiger partial charge in [0, 0.05) is 12.2 Å². The fraction of sp³-hybridized carbons (Fsp3) is 0.500. The van der Waals surface area contributed by atoms with Crippen LogP contribution in [0.2, 0.25) is 0 Å². The first kappa shape index (κ1) is 14.2. The number of thiocarbonyl (C=S) groups is 1. The van der Waals surface area contributed by atoms with Crippen molar-refractivity contribution in [2.45, 2.75) is 31.8 Å². The van der Waals surface area contributed by atoms with Crippen molar-refractivity contribution in [2.75, 3.05) is 18.5 Å². The Morgan fingerprint density at radius 2 is 2.16 bits per heavy atom. The average Bonchev–Trinajstić information content (AvgIpc) is 2.87. The maximum Gasteiger partial charge on any atom is 0.135 e. The van der Waals surface area contributed by atoms with E-state index in [4.69, 9.17) is 22.7 Å². The highest BCUT2D eigenvalue weighted by Gasteiger charge is 2.15. The van der Waals surface area contributed by atoms with Crippen molar-refractivity contribution < 1.29 is 9.13 Å². The molecule has 0 unspecified atom stereocenters. The largest absolute Gasteiger partial charge is 0.389 e. The van der Waals surface area contributed by atoms with Crippen molar-refractivity contribution in [2.24, 2.45) is 5.73 Å². The fourth-order valence-electron chi connectivity index (χ4n) is 2.39. The summed E-state index contributed by atoms with van der Waals surface area (Å²) in [4.78, 5) is 0.0670. The van der Waals surface area contributed by atoms with Gasteiger partial charge in [0.2, 0.25) is 0 Å². The molecular formula is C14H19FN2OS. The Bertz CT molecular complexity index is 447. The highest BCUT2D eigenvalue weighted by atomic mass is 32.1. The zero-order valence-electron chi connectivity index (χ0n) is 10.8. The number of ether oxygens (including phenoxy) is 1. The molecule has 19 heavy (non-hydrogen) atoms. The SMILES string of the molecule is NC(=S)c1c(F)cccc1NCCOC1CCCC1. The lowest BCUT2D eigenvalue weighted by atomic mass is 10.1. The summed E-state index contributed by atoms with van der Waals surface area (Å²) in [6.07, 6.45) is 5.21. The summed E-state index contributed by atoms with van der Waals surface area (Å²) >= 11 is 4.87. The second-order valence-corrected chi connectivity index (χ2v) is 5.17. The molecule has 0 atom stereocenters. The monoisotopic (exact) mass is 282 g/mol. The molecule has 104 valence electrons. The van der Waals surface area contributed by atoms with E-state index in [1.165, 1.54) is 18.9 Å². The third kappa shape index (κ3) is 3.88. The number of hydrogen-bond donors (Lipinski definition) is 2. The summed E-state index contributed by atoms with van der Waals surface area (Å²) in [5.74, 6) is -0.394. The molecule has 1 saturated carbocycles. The third-order valence-electron chi connectivity index (χ3n) is 3.33. The minimum absolute atomic E-state index is 0.0670. The highest BCUT2D eigenvalue weighted by molar-refractivity contribution is 7.80. The molecule has 0 saturated heterocycles. The van der Waals surface area contributed by atoms with E-state index < -0.39 is 5.82 Å². The van der Waals surface area contributed by atoms with E-state index in [9.17, 15) is 4.39 Å². The van der Waals surface area contributed by atoms with Crippen molar-refractivity contribution in [1.29, 1.82) is 0 Å². The van der Waals surface area contributed by atoms with Gasteiger partial charge in [0.15, 0.2) is 0 Å². The number of rotatable bonds is 6. The van der Waals surface area contributed by atoms with Crippen LogP contribution in [0.3, 0.4) is 0 Å². The van der Waals surface area contributed by atoms with Gasteiger partial charge in [0.05, 0.1) is 18.3 Å². The number of nitrogens with two attached hydrogens (primary N) is 1. The van der Waals surface area contributed by atoms with E-state index in [2.05, 4.69) is 5.32 Å². The minimum atomic E-state index is -0.394. The van der Waals surface area contributed by atoms with E-state index >= 15 is 0 Å². The van der Waals surface area contributed by atoms with Gasteiger partial charge in [-0.05, 0) is 25.0 Å². The second kappa shape index (κ2) is 6.82. The Hall–Kier alpha value is -1.20. The highest BCUT2D eigenvalue weighted by Crippen LogP contribution is 2.21. The average molecular weight is 282 g/mol. The summed E-state index contributed by atoms with van der Waals surface area (Å²) in [7, 11) is 0. The Labute approximate surface area is 118 Å². The first-order valence-corrected chi connectivity index (χ1v) is 7.03. The number of hydrogen-bond acceptors (Lipinski definition) is 3. The fourth-order valence-corrected chi connectivity index (χ4v) is 2.60. The summed E-state index contributed by atoms with van der Waals surface area (Å²) in [6.45, 7) is 1.23. The van der Waals surface area contributed by atoms with Gasteiger partial charge in [-0.25, -0.2) is 4.39 Å². The summed E-state index contributed by atoms with van der Waals surface area (Å²) < 4.78 is 19.4. The van der Waals surface area contributed by atoms with E-state index in [0.717, 1.165) is 12.8 Å². The van der Waals surface area contributed by atoms with Gasteiger partial charge >= 0.3 is 0 Å². The normalized spacial score (nSPS) is 15.6. The Balaban J connectivity index is 1.85. The summed E-state index contributed by atoms with van der Waals surface area (Å²) in [5.41, 5.74) is 6.44. The topological polar surface area (TPSA) is 47.3 Å². The van der Waals surface area contributed by atoms with Gasteiger partial charge < -0.3 is 15.8 Å². The van der Waals surface area contributed by atoms with E-state index in [1.807, 2.05) is 0 Å². The lowest BCUT2D eigenvalue weighted by molar-refractivity contribution is 0.0659. The van der Waals surface area contributed by atoms with Gasteiger partial charge in [-0.1, -0.05) is 31.1 Å². The molecule has 0 bridgehead atoms. The molecule has 0 heterocycles. The molecule has 2 rings (SSSR count). The van der Waals surface area contributed by atoms with Gasteiger partial charge in [-0.15, -0.1) is 0 Å². The summed E-state index contributed by atoms with van der Waals surface area (Å²) in [6, 6.07) is 4.76. The van der Waals surface area contributed by atoms with E-state index in [0.29, 0.717) is 24.9 Å². The van der Waals surface area contributed by atoms with Crippen molar-refractivity contribution in [3.05, 3.63) is 29.6 Å². The molecule has 0 aromatic heterocycles. The van der Waals surface area contributed by atoms with Crippen molar-refractivity contribution in [3.8, 4) is 0 Å². The zero-order chi connectivity index (χ0) is 13.7. The Morgan fingerprint density at radius 3 is 2.84 bits per heavy atom. The first-order chi connectivity index (χ1) is 9.18. The molecular weight excluding hydrogens is 263 g/mol. The lowest BCUT2D eigenvalue weighted by Crippen LogP contribution is -2.19. The number of nitrogens with one attached hydrogen (secondary N) is 1. The molecule has 0 aliphatic heterocycles. The first-order valence-electron chi connectivity index (χ1n) is 6.62. The maximum atomic E-state index is 13.6. The number of anilines is 1. The molecule has 3 N–H and O–H groups in total. The van der Waals surface area contributed by atoms with Crippen LogP contribution in [0.25, 0.3) is 0 Å². The van der Waals surface area contributed by atoms with Gasteiger partial charge in [0.1, 0.15) is 10.8 Å². The Morgan fingerprint density at radius 1 is 1.42 bits per heavy atom. The van der Waals surface area contributed by atoms with Crippen LogP contribution in [0.1, 0.15) is 31.2 Å². The molecule has 1 aromatic carbocycles. The van der Waals surface area contributed by atoms with Crippen LogP contribution in [-0.2, 0) is 4.74 Å². The van der Waals surface area contributed by atoms with Crippen molar-refractivity contribution in [3.63, 3.8) is 0 Å². The number of halogens is 1. The Kier molecular flexibility index (Phi) is 5.10. The molecule has 5 heteroatoms. The quantitative estimate of drug-likeness (QED) is 0.622.